The molecule has 0 saturated carbocycles. The van der Waals surface area contributed by atoms with Crippen molar-refractivity contribution in [3.63, 3.8) is 0 Å². The van der Waals surface area contributed by atoms with Crippen molar-refractivity contribution >= 4 is 48.2 Å². The number of nitrogens with one attached hydrogen (secondary N) is 1. The van der Waals surface area contributed by atoms with Crippen molar-refractivity contribution in [2.75, 3.05) is 18.1 Å². The van der Waals surface area contributed by atoms with E-state index in [0.717, 1.165) is 0 Å². The van der Waals surface area contributed by atoms with Crippen molar-refractivity contribution in [1.29, 1.82) is 0 Å². The Kier molecular flexibility index (Phi) is 8.36. The van der Waals surface area contributed by atoms with Gasteiger partial charge in [0, 0.05) is 0 Å². The first-order chi connectivity index (χ1) is 18.3. The number of hydrogen-bond donors (Lipinski definition) is 4. The van der Waals surface area contributed by atoms with Gasteiger partial charge in [0.25, 0.3) is 0 Å². The minimum Gasteiger partial charge on any atom is -0.462 e. The Labute approximate surface area is 229 Å². The standard InChI is InChI=1S/C23H31ClN7O7P/c1-12(2)36-20(33)13(3)30-39(34,38-14-8-6-5-7-9-14)35-10-15-17(32)23(4,24)21(37-15)31-11-27-16-18(25)28-22(26)29-19(16)31/h5-9,11-13,15,17,21,32H,10H2,1-4H3,(H,30,34)(H4,25,26,28,29)/t13-,15+,17+,21+,23+,39+/m0/s1. The van der Waals surface area contributed by atoms with E-state index in [1.807, 2.05) is 0 Å². The molecule has 39 heavy (non-hydrogen) atoms. The molecule has 0 aliphatic carbocycles. The highest BCUT2D eigenvalue weighted by Crippen LogP contribution is 2.48. The lowest BCUT2D eigenvalue weighted by Gasteiger charge is -2.26. The minimum absolute atomic E-state index is 0.0705. The molecule has 1 aliphatic heterocycles. The number of nitrogen functional groups attached to an aromatic ring is 2. The van der Waals surface area contributed by atoms with Crippen molar-refractivity contribution in [2.24, 2.45) is 0 Å². The van der Waals surface area contributed by atoms with Crippen molar-refractivity contribution in [2.45, 2.75) is 63.2 Å². The van der Waals surface area contributed by atoms with Crippen LogP contribution in [-0.4, -0.2) is 66.4 Å². The summed E-state index contributed by atoms with van der Waals surface area (Å²) in [5, 5.41) is 13.6. The number of fused-ring (bicyclic) bond motifs is 1. The third-order valence-corrected chi connectivity index (χ3v) is 7.92. The van der Waals surface area contributed by atoms with Crippen LogP contribution in [0.2, 0.25) is 0 Å². The lowest BCUT2D eigenvalue weighted by Crippen LogP contribution is -2.40. The number of ether oxygens (including phenoxy) is 2. The molecule has 14 nitrogen and oxygen atoms in total. The summed E-state index contributed by atoms with van der Waals surface area (Å²) in [6, 6.07) is 7.22. The Bertz CT molecular complexity index is 1370. The van der Waals surface area contributed by atoms with Gasteiger partial charge in [-0.25, -0.2) is 9.55 Å². The summed E-state index contributed by atoms with van der Waals surface area (Å²) in [5.74, 6) is -0.429. The fraction of sp³-hybridized carbons (Fsp3) is 0.478. The number of para-hydroxylation sites is 1. The summed E-state index contributed by atoms with van der Waals surface area (Å²) in [6.07, 6.45) is -2.36. The number of imidazole rings is 1. The zero-order chi connectivity index (χ0) is 28.5. The van der Waals surface area contributed by atoms with E-state index in [0.29, 0.717) is 0 Å². The second kappa shape index (κ2) is 11.2. The van der Waals surface area contributed by atoms with Gasteiger partial charge in [0.2, 0.25) is 5.95 Å². The Morgan fingerprint density at radius 1 is 1.28 bits per heavy atom. The summed E-state index contributed by atoms with van der Waals surface area (Å²) in [5.41, 5.74) is 12.2. The van der Waals surface area contributed by atoms with E-state index < -0.39 is 49.7 Å². The van der Waals surface area contributed by atoms with Crippen molar-refractivity contribution in [1.82, 2.24) is 24.6 Å². The van der Waals surface area contributed by atoms with Crippen LogP contribution < -0.4 is 21.1 Å². The normalized spacial score (nSPS) is 25.5. The molecule has 212 valence electrons. The largest absolute Gasteiger partial charge is 0.462 e. The van der Waals surface area contributed by atoms with E-state index in [1.165, 1.54) is 17.8 Å². The quantitative estimate of drug-likeness (QED) is 0.154. The number of nitrogens with two attached hydrogens (primary N) is 2. The number of aliphatic hydroxyl groups is 1. The number of nitrogens with zero attached hydrogens (tertiary/aromatic N) is 4. The summed E-state index contributed by atoms with van der Waals surface area (Å²) < 4.78 is 37.8. The van der Waals surface area contributed by atoms with E-state index in [-0.39, 0.29) is 34.8 Å². The first kappa shape index (κ1) is 29.0. The smallest absolute Gasteiger partial charge is 0.459 e. The average Bonchev–Trinajstić information content (AvgIpc) is 3.36. The Hall–Kier alpha value is -3.00. The molecular weight excluding hydrogens is 553 g/mol. The SMILES string of the molecule is CC(C)OC(=O)[C@H](C)N[P@@](=O)(OC[C@H]1O[C@@H](n2cnc3c(N)nc(N)nc32)[C@](C)(Cl)[C@@H]1O)Oc1ccccc1. The molecule has 6 atom stereocenters. The molecule has 0 bridgehead atoms. The number of carbonyl (C=O) groups is 1. The molecule has 0 spiro atoms. The summed E-state index contributed by atoms with van der Waals surface area (Å²) in [6.45, 7) is 5.99. The molecule has 3 heterocycles. The van der Waals surface area contributed by atoms with Gasteiger partial charge in [-0.15, -0.1) is 11.6 Å². The maximum atomic E-state index is 13.8. The van der Waals surface area contributed by atoms with E-state index in [4.69, 9.17) is 41.6 Å². The highest BCUT2D eigenvalue weighted by molar-refractivity contribution is 7.52. The molecule has 1 saturated heterocycles. The molecule has 16 heteroatoms. The number of aromatic nitrogens is 4. The predicted octanol–water partition coefficient (Wildman–Crippen LogP) is 2.38. The van der Waals surface area contributed by atoms with E-state index in [9.17, 15) is 14.5 Å². The number of anilines is 2. The van der Waals surface area contributed by atoms with Gasteiger partial charge in [-0.05, 0) is 39.8 Å². The molecule has 3 aromatic rings. The first-order valence-electron chi connectivity index (χ1n) is 12.1. The van der Waals surface area contributed by atoms with Crippen LogP contribution in [-0.2, 0) is 23.4 Å². The van der Waals surface area contributed by atoms with Crippen LogP contribution in [0.5, 0.6) is 5.75 Å². The highest BCUT2D eigenvalue weighted by atomic mass is 35.5. The monoisotopic (exact) mass is 583 g/mol. The fourth-order valence-electron chi connectivity index (χ4n) is 3.98. The van der Waals surface area contributed by atoms with Gasteiger partial charge in [0.1, 0.15) is 34.4 Å². The number of alkyl halides is 1. The van der Waals surface area contributed by atoms with Crippen molar-refractivity contribution < 1.29 is 33.0 Å². The summed E-state index contributed by atoms with van der Waals surface area (Å²) >= 11 is 6.74. The Morgan fingerprint density at radius 2 is 1.97 bits per heavy atom. The van der Waals surface area contributed by atoms with Crippen molar-refractivity contribution in [3.8, 4) is 5.75 Å². The van der Waals surface area contributed by atoms with Crippen LogP contribution in [0.1, 0.15) is 33.9 Å². The molecule has 0 radical (unpaired) electrons. The molecule has 0 unspecified atom stereocenters. The van der Waals surface area contributed by atoms with Gasteiger partial charge < -0.3 is 30.6 Å². The van der Waals surface area contributed by atoms with Crippen LogP contribution in [0.4, 0.5) is 11.8 Å². The lowest BCUT2D eigenvalue weighted by molar-refractivity contribution is -0.149. The summed E-state index contributed by atoms with van der Waals surface area (Å²) in [4.78, 5) is 23.2. The molecule has 4 rings (SSSR count). The van der Waals surface area contributed by atoms with Gasteiger partial charge in [-0.2, -0.15) is 15.1 Å². The second-order valence-corrected chi connectivity index (χ2v) is 12.0. The number of rotatable bonds is 10. The zero-order valence-corrected chi connectivity index (χ0v) is 23.4. The van der Waals surface area contributed by atoms with Gasteiger partial charge in [-0.1, -0.05) is 18.2 Å². The lowest BCUT2D eigenvalue weighted by atomic mass is 10.0. The van der Waals surface area contributed by atoms with Crippen LogP contribution >= 0.6 is 19.3 Å². The van der Waals surface area contributed by atoms with E-state index in [1.54, 1.807) is 51.1 Å². The van der Waals surface area contributed by atoms with E-state index >= 15 is 0 Å². The average molecular weight is 584 g/mol. The van der Waals surface area contributed by atoms with Crippen LogP contribution in [0.3, 0.4) is 0 Å². The third kappa shape index (κ3) is 6.26. The molecule has 1 aliphatic rings. The zero-order valence-electron chi connectivity index (χ0n) is 21.7. The molecule has 0 amide bonds. The fourth-order valence-corrected chi connectivity index (χ4v) is 5.78. The Morgan fingerprint density at radius 3 is 2.64 bits per heavy atom. The third-order valence-electron chi connectivity index (χ3n) is 5.87. The Balaban J connectivity index is 1.55. The molecule has 1 fully saturated rings. The van der Waals surface area contributed by atoms with Crippen LogP contribution in [0.25, 0.3) is 11.2 Å². The number of hydrogen-bond acceptors (Lipinski definition) is 12. The maximum absolute atomic E-state index is 13.8. The number of carbonyl (C=O) groups excluding carboxylic acids is 1. The molecule has 1 aromatic carbocycles. The van der Waals surface area contributed by atoms with Gasteiger partial charge >= 0.3 is 13.7 Å². The van der Waals surface area contributed by atoms with E-state index in [2.05, 4.69) is 20.0 Å². The number of esters is 1. The van der Waals surface area contributed by atoms with Crippen LogP contribution in [0.15, 0.2) is 36.7 Å². The van der Waals surface area contributed by atoms with Crippen LogP contribution in [0, 0.1) is 0 Å². The van der Waals surface area contributed by atoms with Gasteiger partial charge in [0.05, 0.1) is 19.0 Å². The highest BCUT2D eigenvalue weighted by Gasteiger charge is 2.54. The molecule has 2 aromatic heterocycles. The van der Waals surface area contributed by atoms with Gasteiger partial charge in [-0.3, -0.25) is 13.9 Å². The second-order valence-electron chi connectivity index (χ2n) is 9.45. The topological polar surface area (TPSA) is 199 Å². The summed E-state index contributed by atoms with van der Waals surface area (Å²) in [7, 11) is -4.21. The molecule has 6 N–H and O–H groups in total. The number of halogens is 1. The number of benzene rings is 1. The maximum Gasteiger partial charge on any atom is 0.459 e. The van der Waals surface area contributed by atoms with Gasteiger partial charge in [0.15, 0.2) is 17.7 Å². The predicted molar refractivity (Wildman–Crippen MR) is 143 cm³/mol. The molecular formula is C23H31ClN7O7P. The first-order valence-corrected chi connectivity index (χ1v) is 14.0. The van der Waals surface area contributed by atoms with Crippen molar-refractivity contribution in [3.05, 3.63) is 36.7 Å². The number of aliphatic hydroxyl groups excluding tert-OH is 1. The minimum atomic E-state index is -4.21.